The molecule has 0 aliphatic carbocycles. The molecule has 1 saturated heterocycles. The number of β-lactam (4-membered cyclic amide) rings is 1. The highest BCUT2D eigenvalue weighted by molar-refractivity contribution is 5.89. The van der Waals surface area contributed by atoms with E-state index in [1.807, 2.05) is 60.7 Å². The molecular formula is C19H16N2O4. The predicted molar refractivity (Wildman–Crippen MR) is 91.9 cm³/mol. The van der Waals surface area contributed by atoms with Crippen molar-refractivity contribution in [1.82, 2.24) is 9.88 Å². The van der Waals surface area contributed by atoms with Gasteiger partial charge in [-0.3, -0.25) is 9.36 Å². The molecule has 2 N–H and O–H groups in total. The molecule has 6 nitrogen and oxygen atoms in total. The lowest BCUT2D eigenvalue weighted by molar-refractivity contribution is -0.135. The van der Waals surface area contributed by atoms with E-state index in [1.165, 1.54) is 4.57 Å². The molecule has 2 heterocycles. The van der Waals surface area contributed by atoms with Gasteiger partial charge in [0.05, 0.1) is 18.3 Å². The SMILES string of the molecule is O=C1NC(CO)C1n1c(-c2ccccc2)c(-c2ccccc2)oc1=O. The molecule has 3 aromatic rings. The molecule has 4 rings (SSSR count). The smallest absolute Gasteiger partial charge is 0.407 e. The molecule has 25 heavy (non-hydrogen) atoms. The molecule has 2 aromatic carbocycles. The number of hydrogen-bond donors (Lipinski definition) is 2. The van der Waals surface area contributed by atoms with Crippen molar-refractivity contribution in [2.24, 2.45) is 0 Å². The van der Waals surface area contributed by atoms with E-state index in [1.54, 1.807) is 0 Å². The number of carbonyl (C=O) groups excluding carboxylic acids is 1. The van der Waals surface area contributed by atoms with Crippen LogP contribution in [0.3, 0.4) is 0 Å². The number of carbonyl (C=O) groups is 1. The lowest BCUT2D eigenvalue weighted by Crippen LogP contribution is -2.61. The van der Waals surface area contributed by atoms with Crippen molar-refractivity contribution < 1.29 is 14.3 Å². The van der Waals surface area contributed by atoms with E-state index in [4.69, 9.17) is 4.42 Å². The molecule has 0 spiro atoms. The van der Waals surface area contributed by atoms with Gasteiger partial charge in [0.15, 0.2) is 5.76 Å². The van der Waals surface area contributed by atoms with Crippen LogP contribution in [0.4, 0.5) is 0 Å². The van der Waals surface area contributed by atoms with Crippen LogP contribution in [0.5, 0.6) is 0 Å². The summed E-state index contributed by atoms with van der Waals surface area (Å²) < 4.78 is 6.87. The summed E-state index contributed by atoms with van der Waals surface area (Å²) >= 11 is 0. The van der Waals surface area contributed by atoms with Gasteiger partial charge in [-0.25, -0.2) is 4.79 Å². The quantitative estimate of drug-likeness (QED) is 0.712. The number of nitrogens with one attached hydrogen (secondary N) is 1. The topological polar surface area (TPSA) is 84.5 Å². The Hall–Kier alpha value is -3.12. The van der Waals surface area contributed by atoms with E-state index >= 15 is 0 Å². The van der Waals surface area contributed by atoms with Crippen molar-refractivity contribution in [1.29, 1.82) is 0 Å². The van der Waals surface area contributed by atoms with Crippen LogP contribution in [0.1, 0.15) is 6.04 Å². The Morgan fingerprint density at radius 3 is 2.12 bits per heavy atom. The fraction of sp³-hybridized carbons (Fsp3) is 0.158. The highest BCUT2D eigenvalue weighted by Gasteiger charge is 2.43. The molecule has 1 fully saturated rings. The van der Waals surface area contributed by atoms with Crippen molar-refractivity contribution in [2.75, 3.05) is 6.61 Å². The zero-order valence-corrected chi connectivity index (χ0v) is 13.3. The molecule has 126 valence electrons. The monoisotopic (exact) mass is 336 g/mol. The third kappa shape index (κ3) is 2.47. The molecular weight excluding hydrogens is 320 g/mol. The number of oxazole rings is 1. The van der Waals surface area contributed by atoms with E-state index < -0.39 is 17.8 Å². The Bertz CT molecular complexity index is 960. The van der Waals surface area contributed by atoms with Gasteiger partial charge in [0.2, 0.25) is 5.91 Å². The largest absolute Gasteiger partial charge is 0.420 e. The fourth-order valence-corrected chi connectivity index (χ4v) is 3.17. The maximum absolute atomic E-state index is 12.6. The molecule has 1 aliphatic rings. The Morgan fingerprint density at radius 1 is 0.960 bits per heavy atom. The van der Waals surface area contributed by atoms with Crippen LogP contribution in [0.25, 0.3) is 22.6 Å². The van der Waals surface area contributed by atoms with Crippen LogP contribution in [0.2, 0.25) is 0 Å². The average molecular weight is 336 g/mol. The second kappa shape index (κ2) is 6.07. The molecule has 0 bridgehead atoms. The Morgan fingerprint density at radius 2 is 1.56 bits per heavy atom. The second-order valence-electron chi connectivity index (χ2n) is 5.89. The number of aromatic nitrogens is 1. The Kier molecular flexibility index (Phi) is 3.74. The van der Waals surface area contributed by atoms with Crippen LogP contribution in [0.15, 0.2) is 69.9 Å². The summed E-state index contributed by atoms with van der Waals surface area (Å²) in [6, 6.07) is 17.3. The molecule has 1 amide bonds. The number of amides is 1. The minimum atomic E-state index is -0.783. The lowest BCUT2D eigenvalue weighted by Gasteiger charge is -2.36. The first-order valence-electron chi connectivity index (χ1n) is 7.98. The number of hydrogen-bond acceptors (Lipinski definition) is 4. The predicted octanol–water partition coefficient (Wildman–Crippen LogP) is 1.81. The van der Waals surface area contributed by atoms with E-state index in [0.717, 1.165) is 11.1 Å². The van der Waals surface area contributed by atoms with Crippen LogP contribution < -0.4 is 11.1 Å². The van der Waals surface area contributed by atoms with Gasteiger partial charge in [-0.15, -0.1) is 0 Å². The summed E-state index contributed by atoms with van der Waals surface area (Å²) in [7, 11) is 0. The van der Waals surface area contributed by atoms with Gasteiger partial charge < -0.3 is 14.8 Å². The highest BCUT2D eigenvalue weighted by atomic mass is 16.4. The maximum atomic E-state index is 12.6. The minimum absolute atomic E-state index is 0.247. The zero-order valence-electron chi connectivity index (χ0n) is 13.3. The van der Waals surface area contributed by atoms with Crippen LogP contribution >= 0.6 is 0 Å². The first-order chi connectivity index (χ1) is 12.2. The van der Waals surface area contributed by atoms with E-state index in [9.17, 15) is 14.7 Å². The van der Waals surface area contributed by atoms with Crippen molar-refractivity contribution in [3.63, 3.8) is 0 Å². The summed E-state index contributed by atoms with van der Waals surface area (Å²) in [5.74, 6) is -0.511. The van der Waals surface area contributed by atoms with Crippen molar-refractivity contribution in [3.05, 3.63) is 71.2 Å². The summed E-state index contributed by atoms with van der Waals surface area (Å²) in [5, 5.41) is 12.1. The molecule has 0 saturated carbocycles. The fourth-order valence-electron chi connectivity index (χ4n) is 3.17. The van der Waals surface area contributed by atoms with Gasteiger partial charge in [-0.2, -0.15) is 0 Å². The summed E-state index contributed by atoms with van der Waals surface area (Å²) in [6.07, 6.45) is 0. The molecule has 6 heteroatoms. The molecule has 2 unspecified atom stereocenters. The minimum Gasteiger partial charge on any atom is -0.407 e. The first kappa shape index (κ1) is 15.4. The third-order valence-electron chi connectivity index (χ3n) is 4.38. The standard InChI is InChI=1S/C19H16N2O4/c22-11-14-16(18(23)20-14)21-15(12-7-3-1-4-8-12)17(25-19(21)24)13-9-5-2-6-10-13/h1-10,14,16,22H,11H2,(H,20,23). The number of aliphatic hydroxyl groups is 1. The van der Waals surface area contributed by atoms with Crippen LogP contribution in [0, 0.1) is 0 Å². The summed E-state index contributed by atoms with van der Waals surface area (Å²) in [5.41, 5.74) is 2.05. The van der Waals surface area contributed by atoms with Crippen molar-refractivity contribution in [3.8, 4) is 22.6 Å². The van der Waals surface area contributed by atoms with Crippen molar-refractivity contribution >= 4 is 5.91 Å². The third-order valence-corrected chi connectivity index (χ3v) is 4.38. The molecule has 0 radical (unpaired) electrons. The molecule has 1 aliphatic heterocycles. The number of nitrogens with zero attached hydrogens (tertiary/aromatic N) is 1. The maximum Gasteiger partial charge on any atom is 0.420 e. The second-order valence-corrected chi connectivity index (χ2v) is 5.89. The summed E-state index contributed by atoms with van der Waals surface area (Å²) in [6.45, 7) is -0.247. The van der Waals surface area contributed by atoms with Gasteiger partial charge in [0.25, 0.3) is 0 Å². The number of rotatable bonds is 4. The number of aliphatic hydroxyl groups excluding tert-OH is 1. The van der Waals surface area contributed by atoms with Crippen LogP contribution in [-0.4, -0.2) is 28.2 Å². The molecule has 1 aromatic heterocycles. The van der Waals surface area contributed by atoms with Gasteiger partial charge >= 0.3 is 5.76 Å². The van der Waals surface area contributed by atoms with Gasteiger partial charge in [-0.05, 0) is 0 Å². The Labute approximate surface area is 143 Å². The van der Waals surface area contributed by atoms with Gasteiger partial charge in [0.1, 0.15) is 6.04 Å². The summed E-state index contributed by atoms with van der Waals surface area (Å²) in [4.78, 5) is 24.6. The lowest BCUT2D eigenvalue weighted by atomic mass is 9.97. The number of benzene rings is 2. The van der Waals surface area contributed by atoms with Crippen molar-refractivity contribution in [2.45, 2.75) is 12.1 Å². The average Bonchev–Trinajstić information content (AvgIpc) is 2.98. The van der Waals surface area contributed by atoms with E-state index in [-0.39, 0.29) is 12.5 Å². The van der Waals surface area contributed by atoms with E-state index in [0.29, 0.717) is 11.5 Å². The zero-order chi connectivity index (χ0) is 17.4. The van der Waals surface area contributed by atoms with Gasteiger partial charge in [-0.1, -0.05) is 60.7 Å². The van der Waals surface area contributed by atoms with E-state index in [2.05, 4.69) is 5.32 Å². The Balaban J connectivity index is 1.97. The normalized spacial score (nSPS) is 19.3. The highest BCUT2D eigenvalue weighted by Crippen LogP contribution is 2.35. The first-order valence-corrected chi connectivity index (χ1v) is 7.98. The van der Waals surface area contributed by atoms with Crippen LogP contribution in [-0.2, 0) is 4.79 Å². The van der Waals surface area contributed by atoms with Gasteiger partial charge in [0, 0.05) is 11.1 Å². The molecule has 2 atom stereocenters.